The highest BCUT2D eigenvalue weighted by atomic mass is 16.5. The molecule has 0 saturated carbocycles. The highest BCUT2D eigenvalue weighted by Crippen LogP contribution is 2.36. The smallest absolute Gasteiger partial charge is 0.248 e. The van der Waals surface area contributed by atoms with Gasteiger partial charge in [0.2, 0.25) is 17.8 Å². The standard InChI is InChI=1S/C16H19N5O3/c1-9-4-11-12(7-24-13(11)5-10(9)2)15(23)19-16-18-8-21(20-16)6-14(22)17-3/h4-5,8,12H,6-7H2,1-3H3,(H,17,22)(H,19,20,23). The van der Waals surface area contributed by atoms with E-state index < -0.39 is 5.92 Å². The summed E-state index contributed by atoms with van der Waals surface area (Å²) in [6.07, 6.45) is 1.40. The van der Waals surface area contributed by atoms with E-state index >= 15 is 0 Å². The molecular weight excluding hydrogens is 310 g/mol. The Morgan fingerprint density at radius 1 is 1.33 bits per heavy atom. The van der Waals surface area contributed by atoms with Crippen LogP contribution in [0.2, 0.25) is 0 Å². The summed E-state index contributed by atoms with van der Waals surface area (Å²) in [6.45, 7) is 4.36. The van der Waals surface area contributed by atoms with E-state index in [1.165, 1.54) is 11.0 Å². The number of benzene rings is 1. The number of aryl methyl sites for hydroxylation is 2. The van der Waals surface area contributed by atoms with Gasteiger partial charge in [-0.1, -0.05) is 6.07 Å². The molecule has 126 valence electrons. The molecule has 2 heterocycles. The second kappa shape index (κ2) is 6.31. The Kier molecular flexibility index (Phi) is 4.20. The van der Waals surface area contributed by atoms with E-state index in [4.69, 9.17) is 4.74 Å². The van der Waals surface area contributed by atoms with E-state index in [0.717, 1.165) is 22.4 Å². The average Bonchev–Trinajstić information content (AvgIpc) is 3.14. The van der Waals surface area contributed by atoms with Gasteiger partial charge in [0.15, 0.2) is 0 Å². The number of hydrogen-bond acceptors (Lipinski definition) is 5. The van der Waals surface area contributed by atoms with Crippen molar-refractivity contribution in [3.63, 3.8) is 0 Å². The minimum atomic E-state index is -0.398. The van der Waals surface area contributed by atoms with E-state index in [1.807, 2.05) is 26.0 Å². The van der Waals surface area contributed by atoms with Crippen LogP contribution in [-0.4, -0.2) is 40.2 Å². The molecule has 1 aliphatic heterocycles. The fourth-order valence-electron chi connectivity index (χ4n) is 2.54. The van der Waals surface area contributed by atoms with Crippen molar-refractivity contribution >= 4 is 17.8 Å². The second-order valence-corrected chi connectivity index (χ2v) is 5.77. The molecule has 1 unspecified atom stereocenters. The van der Waals surface area contributed by atoms with Gasteiger partial charge in [-0.3, -0.25) is 14.9 Å². The largest absolute Gasteiger partial charge is 0.492 e. The van der Waals surface area contributed by atoms with Gasteiger partial charge in [-0.15, -0.1) is 5.10 Å². The minimum absolute atomic E-state index is 0.0488. The lowest BCUT2D eigenvalue weighted by molar-refractivity contribution is -0.121. The third-order valence-electron chi connectivity index (χ3n) is 4.08. The van der Waals surface area contributed by atoms with Crippen molar-refractivity contribution in [1.29, 1.82) is 0 Å². The molecule has 1 aromatic heterocycles. The number of carbonyl (C=O) groups is 2. The number of hydrogen-bond donors (Lipinski definition) is 2. The van der Waals surface area contributed by atoms with Gasteiger partial charge < -0.3 is 10.1 Å². The van der Waals surface area contributed by atoms with Gasteiger partial charge >= 0.3 is 0 Å². The van der Waals surface area contributed by atoms with Gasteiger partial charge in [-0.05, 0) is 31.0 Å². The quantitative estimate of drug-likeness (QED) is 0.863. The lowest BCUT2D eigenvalue weighted by atomic mass is 9.96. The summed E-state index contributed by atoms with van der Waals surface area (Å²) in [5, 5.41) is 9.24. The molecule has 1 atom stereocenters. The maximum absolute atomic E-state index is 12.5. The summed E-state index contributed by atoms with van der Waals surface area (Å²) in [5.74, 6) is 0.0965. The molecule has 8 nitrogen and oxygen atoms in total. The first-order chi connectivity index (χ1) is 11.5. The molecule has 0 spiro atoms. The molecule has 24 heavy (non-hydrogen) atoms. The molecule has 2 aromatic rings. The number of aromatic nitrogens is 3. The fourth-order valence-corrected chi connectivity index (χ4v) is 2.54. The Bertz CT molecular complexity index is 799. The van der Waals surface area contributed by atoms with Gasteiger partial charge in [0.25, 0.3) is 0 Å². The molecule has 1 aliphatic rings. The maximum atomic E-state index is 12.5. The van der Waals surface area contributed by atoms with Gasteiger partial charge in [0, 0.05) is 12.6 Å². The molecule has 2 amide bonds. The molecule has 0 aliphatic carbocycles. The first kappa shape index (κ1) is 16.0. The van der Waals surface area contributed by atoms with Crippen molar-refractivity contribution in [3.8, 4) is 5.75 Å². The molecule has 0 radical (unpaired) electrons. The van der Waals surface area contributed by atoms with Crippen LogP contribution in [0.1, 0.15) is 22.6 Å². The number of nitrogens with zero attached hydrogens (tertiary/aromatic N) is 3. The van der Waals surface area contributed by atoms with Crippen molar-refractivity contribution in [3.05, 3.63) is 35.2 Å². The Morgan fingerprint density at radius 2 is 2.08 bits per heavy atom. The lowest BCUT2D eigenvalue weighted by Crippen LogP contribution is -2.24. The Labute approximate surface area is 139 Å². The Morgan fingerprint density at radius 3 is 2.83 bits per heavy atom. The lowest BCUT2D eigenvalue weighted by Gasteiger charge is -2.09. The molecule has 0 fully saturated rings. The van der Waals surface area contributed by atoms with E-state index in [9.17, 15) is 9.59 Å². The van der Waals surface area contributed by atoms with Crippen molar-refractivity contribution in [1.82, 2.24) is 20.1 Å². The normalized spacial score (nSPS) is 15.5. The molecule has 2 N–H and O–H groups in total. The van der Waals surface area contributed by atoms with Crippen LogP contribution >= 0.6 is 0 Å². The van der Waals surface area contributed by atoms with E-state index in [2.05, 4.69) is 20.7 Å². The van der Waals surface area contributed by atoms with Crippen LogP contribution in [-0.2, 0) is 16.1 Å². The SMILES string of the molecule is CNC(=O)Cn1cnc(NC(=O)C2COc3cc(C)c(C)cc32)n1. The molecular formula is C16H19N5O3. The number of anilines is 1. The van der Waals surface area contributed by atoms with Gasteiger partial charge in [-0.25, -0.2) is 9.67 Å². The summed E-state index contributed by atoms with van der Waals surface area (Å²) in [6, 6.07) is 3.94. The van der Waals surface area contributed by atoms with Crippen LogP contribution < -0.4 is 15.4 Å². The topological polar surface area (TPSA) is 98.1 Å². The number of likely N-dealkylation sites (N-methyl/N-ethyl adjacent to an activating group) is 1. The monoisotopic (exact) mass is 329 g/mol. The van der Waals surface area contributed by atoms with Crippen molar-refractivity contribution in [2.45, 2.75) is 26.3 Å². The Balaban J connectivity index is 1.71. The van der Waals surface area contributed by atoms with E-state index in [0.29, 0.717) is 6.61 Å². The zero-order valence-electron chi connectivity index (χ0n) is 13.8. The second-order valence-electron chi connectivity index (χ2n) is 5.77. The Hall–Kier alpha value is -2.90. The minimum Gasteiger partial charge on any atom is -0.492 e. The molecule has 8 heteroatoms. The average molecular weight is 329 g/mol. The van der Waals surface area contributed by atoms with Crippen LogP contribution in [0.4, 0.5) is 5.95 Å². The molecule has 3 rings (SSSR count). The van der Waals surface area contributed by atoms with Crippen molar-refractivity contribution in [2.75, 3.05) is 19.0 Å². The molecule has 1 aromatic carbocycles. The predicted molar refractivity (Wildman–Crippen MR) is 86.9 cm³/mol. The number of carbonyl (C=O) groups excluding carboxylic acids is 2. The summed E-state index contributed by atoms with van der Waals surface area (Å²) >= 11 is 0. The number of fused-ring (bicyclic) bond motifs is 1. The van der Waals surface area contributed by atoms with Crippen molar-refractivity contribution in [2.24, 2.45) is 0 Å². The van der Waals surface area contributed by atoms with Crippen molar-refractivity contribution < 1.29 is 14.3 Å². The van der Waals surface area contributed by atoms with Crippen LogP contribution in [0.3, 0.4) is 0 Å². The van der Waals surface area contributed by atoms with E-state index in [-0.39, 0.29) is 24.3 Å². The first-order valence-electron chi connectivity index (χ1n) is 7.62. The highest BCUT2D eigenvalue weighted by Gasteiger charge is 2.31. The predicted octanol–water partition coefficient (Wildman–Crippen LogP) is 0.756. The fraction of sp³-hybridized carbons (Fsp3) is 0.375. The van der Waals surface area contributed by atoms with Gasteiger partial charge in [0.05, 0.1) is 0 Å². The maximum Gasteiger partial charge on any atom is 0.248 e. The zero-order valence-corrected chi connectivity index (χ0v) is 13.8. The summed E-state index contributed by atoms with van der Waals surface area (Å²) in [4.78, 5) is 27.8. The van der Waals surface area contributed by atoms with E-state index in [1.54, 1.807) is 7.05 Å². The third-order valence-corrected chi connectivity index (χ3v) is 4.08. The van der Waals surface area contributed by atoms with Crippen LogP contribution in [0.5, 0.6) is 5.75 Å². The van der Waals surface area contributed by atoms with Crippen LogP contribution in [0.15, 0.2) is 18.5 Å². The number of rotatable bonds is 4. The van der Waals surface area contributed by atoms with Gasteiger partial charge in [0.1, 0.15) is 31.1 Å². The van der Waals surface area contributed by atoms with Gasteiger partial charge in [-0.2, -0.15) is 0 Å². The number of ether oxygens (including phenoxy) is 1. The molecule has 0 bridgehead atoms. The summed E-state index contributed by atoms with van der Waals surface area (Å²) < 4.78 is 6.98. The molecule has 0 saturated heterocycles. The zero-order chi connectivity index (χ0) is 17.3. The third kappa shape index (κ3) is 3.08. The van der Waals surface area contributed by atoms with Crippen LogP contribution in [0, 0.1) is 13.8 Å². The summed E-state index contributed by atoms with van der Waals surface area (Å²) in [5.41, 5.74) is 3.12. The summed E-state index contributed by atoms with van der Waals surface area (Å²) in [7, 11) is 1.54. The first-order valence-corrected chi connectivity index (χ1v) is 7.62. The van der Waals surface area contributed by atoms with Crippen LogP contribution in [0.25, 0.3) is 0 Å². The number of amides is 2. The number of nitrogens with one attached hydrogen (secondary N) is 2. The highest BCUT2D eigenvalue weighted by molar-refractivity contribution is 5.95.